The van der Waals surface area contributed by atoms with E-state index in [2.05, 4.69) is 10.6 Å². The first-order valence-corrected chi connectivity index (χ1v) is 10.8. The monoisotopic (exact) mass is 435 g/mol. The molecule has 1 aromatic heterocycles. The van der Waals surface area contributed by atoms with Crippen LogP contribution < -0.4 is 10.6 Å². The number of nitrogens with zero attached hydrogens (tertiary/aromatic N) is 1. The highest BCUT2D eigenvalue weighted by molar-refractivity contribution is 8.00. The van der Waals surface area contributed by atoms with Gasteiger partial charge in [0.1, 0.15) is 11.1 Å². The summed E-state index contributed by atoms with van der Waals surface area (Å²) in [7, 11) is 0. The number of carbonyl (C=O) groups is 3. The molecule has 0 bridgehead atoms. The average Bonchev–Trinajstić information content (AvgIpc) is 3.40. The predicted molar refractivity (Wildman–Crippen MR) is 120 cm³/mol. The Morgan fingerprint density at radius 2 is 1.71 bits per heavy atom. The van der Waals surface area contributed by atoms with E-state index < -0.39 is 0 Å². The van der Waals surface area contributed by atoms with Gasteiger partial charge < -0.3 is 20.0 Å². The van der Waals surface area contributed by atoms with E-state index in [-0.39, 0.29) is 23.1 Å². The van der Waals surface area contributed by atoms with Crippen molar-refractivity contribution in [1.29, 1.82) is 0 Å². The topological polar surface area (TPSA) is 91.7 Å². The first kappa shape index (κ1) is 20.7. The molecule has 2 heterocycles. The summed E-state index contributed by atoms with van der Waals surface area (Å²) in [6.07, 6.45) is 1.60. The lowest BCUT2D eigenvalue weighted by molar-refractivity contribution is -0.128. The standard InChI is InChI=1S/C23H21N3O4S/c1-15(27)24-18-8-10-19(11-9-18)25-22(29)16-4-6-17(7-5-16)23-26(21(28)14-31-23)13-20-3-2-12-30-20/h2-12,23H,13-14H2,1H3,(H,24,27)(H,25,29)/t23-/m0/s1. The van der Waals surface area contributed by atoms with Gasteiger partial charge in [0.2, 0.25) is 11.8 Å². The van der Waals surface area contributed by atoms with Crippen molar-refractivity contribution in [3.63, 3.8) is 0 Å². The predicted octanol–water partition coefficient (Wildman–Crippen LogP) is 4.26. The molecule has 1 fully saturated rings. The molecule has 0 radical (unpaired) electrons. The highest BCUT2D eigenvalue weighted by Gasteiger charge is 2.33. The molecule has 4 rings (SSSR count). The molecule has 3 amide bonds. The second-order valence-electron chi connectivity index (χ2n) is 7.10. The number of amides is 3. The fourth-order valence-electron chi connectivity index (χ4n) is 3.31. The molecule has 1 atom stereocenters. The Balaban J connectivity index is 1.42. The Morgan fingerprint density at radius 3 is 2.32 bits per heavy atom. The summed E-state index contributed by atoms with van der Waals surface area (Å²) in [5.74, 6) is 0.836. The van der Waals surface area contributed by atoms with Crippen LogP contribution >= 0.6 is 11.8 Å². The van der Waals surface area contributed by atoms with E-state index in [1.54, 1.807) is 65.4 Å². The van der Waals surface area contributed by atoms with Crippen LogP contribution in [0.4, 0.5) is 11.4 Å². The van der Waals surface area contributed by atoms with Crippen LogP contribution in [0.5, 0.6) is 0 Å². The maximum atomic E-state index is 12.6. The normalized spacial score (nSPS) is 15.7. The largest absolute Gasteiger partial charge is 0.467 e. The number of hydrogen-bond donors (Lipinski definition) is 2. The molecule has 1 aliphatic rings. The van der Waals surface area contributed by atoms with E-state index in [0.717, 1.165) is 11.3 Å². The number of nitrogens with one attached hydrogen (secondary N) is 2. The van der Waals surface area contributed by atoms with Crippen LogP contribution in [0.3, 0.4) is 0 Å². The number of rotatable bonds is 6. The maximum absolute atomic E-state index is 12.6. The van der Waals surface area contributed by atoms with Gasteiger partial charge in [0, 0.05) is 23.9 Å². The second kappa shape index (κ2) is 9.09. The van der Waals surface area contributed by atoms with Crippen LogP contribution in [0.25, 0.3) is 0 Å². The van der Waals surface area contributed by atoms with Gasteiger partial charge in [-0.15, -0.1) is 11.8 Å². The Kier molecular flexibility index (Phi) is 6.08. The van der Waals surface area contributed by atoms with Crippen molar-refractivity contribution in [2.24, 2.45) is 0 Å². The summed E-state index contributed by atoms with van der Waals surface area (Å²) < 4.78 is 5.38. The van der Waals surface area contributed by atoms with Crippen molar-refractivity contribution in [3.8, 4) is 0 Å². The fraction of sp³-hybridized carbons (Fsp3) is 0.174. The van der Waals surface area contributed by atoms with E-state index in [1.807, 2.05) is 18.2 Å². The lowest BCUT2D eigenvalue weighted by atomic mass is 10.1. The van der Waals surface area contributed by atoms with Crippen LogP contribution in [0, 0.1) is 0 Å². The van der Waals surface area contributed by atoms with E-state index in [9.17, 15) is 14.4 Å². The second-order valence-corrected chi connectivity index (χ2v) is 8.17. The van der Waals surface area contributed by atoms with Crippen LogP contribution in [0.15, 0.2) is 71.3 Å². The molecule has 7 nitrogen and oxygen atoms in total. The molecule has 2 aromatic carbocycles. The van der Waals surface area contributed by atoms with Crippen molar-refractivity contribution < 1.29 is 18.8 Å². The third-order valence-electron chi connectivity index (χ3n) is 4.80. The molecule has 0 saturated carbocycles. The highest BCUT2D eigenvalue weighted by atomic mass is 32.2. The first-order valence-electron chi connectivity index (χ1n) is 9.72. The number of anilines is 2. The molecule has 2 N–H and O–H groups in total. The van der Waals surface area contributed by atoms with Crippen LogP contribution in [0.1, 0.15) is 34.0 Å². The zero-order valence-electron chi connectivity index (χ0n) is 16.8. The van der Waals surface area contributed by atoms with Gasteiger partial charge in [-0.3, -0.25) is 14.4 Å². The molecule has 0 unspecified atom stereocenters. The summed E-state index contributed by atoms with van der Waals surface area (Å²) in [6.45, 7) is 1.86. The molecular weight excluding hydrogens is 414 g/mol. The smallest absolute Gasteiger partial charge is 0.255 e. The Bertz CT molecular complexity index is 1080. The molecule has 0 aliphatic carbocycles. The van der Waals surface area contributed by atoms with Gasteiger partial charge in [0.05, 0.1) is 18.6 Å². The number of furan rings is 1. The van der Waals surface area contributed by atoms with Crippen LogP contribution in [0.2, 0.25) is 0 Å². The lowest BCUT2D eigenvalue weighted by Crippen LogP contribution is -2.27. The summed E-state index contributed by atoms with van der Waals surface area (Å²) in [5, 5.41) is 5.41. The van der Waals surface area contributed by atoms with Crippen LogP contribution in [-0.2, 0) is 16.1 Å². The Morgan fingerprint density at radius 1 is 1.03 bits per heavy atom. The van der Waals surface area contributed by atoms with Crippen molar-refractivity contribution in [2.45, 2.75) is 18.8 Å². The molecular formula is C23H21N3O4S. The average molecular weight is 436 g/mol. The molecule has 8 heteroatoms. The number of thioether (sulfide) groups is 1. The van der Waals surface area contributed by atoms with Gasteiger partial charge in [-0.25, -0.2) is 0 Å². The number of hydrogen-bond acceptors (Lipinski definition) is 5. The van der Waals surface area contributed by atoms with E-state index in [1.165, 1.54) is 6.92 Å². The SMILES string of the molecule is CC(=O)Nc1ccc(NC(=O)c2ccc([C@@H]3SCC(=O)N3Cc3ccco3)cc2)cc1. The third-order valence-corrected chi connectivity index (χ3v) is 6.05. The van der Waals surface area contributed by atoms with E-state index in [0.29, 0.717) is 29.2 Å². The lowest BCUT2D eigenvalue weighted by Gasteiger charge is -2.23. The van der Waals surface area contributed by atoms with E-state index in [4.69, 9.17) is 4.42 Å². The van der Waals surface area contributed by atoms with Gasteiger partial charge in [0.15, 0.2) is 0 Å². The molecule has 1 aliphatic heterocycles. The van der Waals surface area contributed by atoms with Gasteiger partial charge >= 0.3 is 0 Å². The molecule has 31 heavy (non-hydrogen) atoms. The molecule has 1 saturated heterocycles. The van der Waals surface area contributed by atoms with Gasteiger partial charge in [0.25, 0.3) is 5.91 Å². The summed E-state index contributed by atoms with van der Waals surface area (Å²) >= 11 is 1.56. The van der Waals surface area contributed by atoms with E-state index >= 15 is 0 Å². The minimum atomic E-state index is -0.235. The Hall–Kier alpha value is -3.52. The van der Waals surface area contributed by atoms with Crippen molar-refractivity contribution in [2.75, 3.05) is 16.4 Å². The fourth-order valence-corrected chi connectivity index (χ4v) is 4.50. The third kappa shape index (κ3) is 4.97. The molecule has 158 valence electrons. The molecule has 3 aromatic rings. The Labute approximate surface area is 183 Å². The van der Waals surface area contributed by atoms with Crippen molar-refractivity contribution in [3.05, 3.63) is 83.8 Å². The zero-order valence-corrected chi connectivity index (χ0v) is 17.6. The minimum Gasteiger partial charge on any atom is -0.467 e. The highest BCUT2D eigenvalue weighted by Crippen LogP contribution is 2.39. The summed E-state index contributed by atoms with van der Waals surface area (Å²) in [4.78, 5) is 37.8. The molecule has 0 spiro atoms. The summed E-state index contributed by atoms with van der Waals surface area (Å²) in [5.41, 5.74) is 2.77. The van der Waals surface area contributed by atoms with Gasteiger partial charge in [-0.1, -0.05) is 12.1 Å². The van der Waals surface area contributed by atoms with Gasteiger partial charge in [-0.2, -0.15) is 0 Å². The van der Waals surface area contributed by atoms with Crippen LogP contribution in [-0.4, -0.2) is 28.4 Å². The first-order chi connectivity index (χ1) is 15.0. The zero-order chi connectivity index (χ0) is 21.8. The van der Waals surface area contributed by atoms with Crippen molar-refractivity contribution >= 4 is 40.9 Å². The van der Waals surface area contributed by atoms with Gasteiger partial charge in [-0.05, 0) is 54.1 Å². The number of carbonyl (C=O) groups excluding carboxylic acids is 3. The minimum absolute atomic E-state index is 0.0657. The summed E-state index contributed by atoms with van der Waals surface area (Å²) in [6, 6.07) is 17.8. The van der Waals surface area contributed by atoms with Crippen molar-refractivity contribution in [1.82, 2.24) is 4.90 Å². The quantitative estimate of drug-likeness (QED) is 0.604. The maximum Gasteiger partial charge on any atom is 0.255 e. The number of benzene rings is 2.